The molecule has 0 aliphatic heterocycles. The molecule has 0 N–H and O–H groups in total. The summed E-state index contributed by atoms with van der Waals surface area (Å²) in [5.74, 6) is 0. The van der Waals surface area contributed by atoms with Crippen molar-refractivity contribution < 1.29 is 0 Å². The quantitative estimate of drug-likeness (QED) is 0.265. The van der Waals surface area contributed by atoms with Crippen LogP contribution >= 0.6 is 0 Å². The maximum absolute atomic E-state index is 3.53. The third-order valence-electron chi connectivity index (χ3n) is 5.69. The Morgan fingerprint density at radius 2 is 0.964 bits per heavy atom. The zero-order chi connectivity index (χ0) is 18.5. The SMILES string of the molecule is [c]1ccc2cc3ccccc3cc2c1-c1cccc2cc3ccccc3cc12. The Balaban J connectivity index is 1.72. The van der Waals surface area contributed by atoms with Crippen molar-refractivity contribution in [1.29, 1.82) is 0 Å². The van der Waals surface area contributed by atoms with Crippen LogP contribution in [0.25, 0.3) is 54.2 Å². The first kappa shape index (κ1) is 15.4. The van der Waals surface area contributed by atoms with Crippen LogP contribution in [-0.4, -0.2) is 0 Å². The van der Waals surface area contributed by atoms with Gasteiger partial charge in [0.15, 0.2) is 0 Å². The van der Waals surface area contributed by atoms with Crippen LogP contribution in [-0.2, 0) is 0 Å². The highest BCUT2D eigenvalue weighted by Gasteiger charge is 2.10. The predicted octanol–water partition coefficient (Wildman–Crippen LogP) is 7.77. The van der Waals surface area contributed by atoms with Gasteiger partial charge in [0.05, 0.1) is 0 Å². The largest absolute Gasteiger partial charge is 0.0616 e. The molecule has 0 atom stereocenters. The normalized spacial score (nSPS) is 11.6. The lowest BCUT2D eigenvalue weighted by atomic mass is 9.91. The van der Waals surface area contributed by atoms with Crippen LogP contribution in [0.3, 0.4) is 0 Å². The molecule has 129 valence electrons. The molecule has 0 unspecified atom stereocenters. The molecule has 0 bridgehead atoms. The number of benzene rings is 6. The molecule has 0 aliphatic carbocycles. The minimum atomic E-state index is 1.17. The first-order valence-electron chi connectivity index (χ1n) is 9.62. The molecule has 0 spiro atoms. The summed E-state index contributed by atoms with van der Waals surface area (Å²) in [7, 11) is 0. The van der Waals surface area contributed by atoms with Crippen LogP contribution in [0.1, 0.15) is 0 Å². The van der Waals surface area contributed by atoms with Gasteiger partial charge in [0, 0.05) is 0 Å². The van der Waals surface area contributed by atoms with E-state index in [9.17, 15) is 0 Å². The Bertz CT molecular complexity index is 1390. The van der Waals surface area contributed by atoms with E-state index >= 15 is 0 Å². The summed E-state index contributed by atoms with van der Waals surface area (Å²) in [6, 6.07) is 40.6. The molecule has 1 radical (unpaired) electrons. The number of fused-ring (bicyclic) bond motifs is 4. The highest BCUT2D eigenvalue weighted by molar-refractivity contribution is 6.11. The van der Waals surface area contributed by atoms with Gasteiger partial charge in [-0.15, -0.1) is 0 Å². The van der Waals surface area contributed by atoms with E-state index in [1.165, 1.54) is 54.2 Å². The van der Waals surface area contributed by atoms with E-state index in [0.29, 0.717) is 0 Å². The molecule has 0 fully saturated rings. The van der Waals surface area contributed by atoms with Gasteiger partial charge in [-0.05, 0) is 84.5 Å². The van der Waals surface area contributed by atoms with Crippen LogP contribution < -0.4 is 0 Å². The van der Waals surface area contributed by atoms with E-state index in [1.54, 1.807) is 0 Å². The van der Waals surface area contributed by atoms with E-state index < -0.39 is 0 Å². The topological polar surface area (TPSA) is 0 Å². The van der Waals surface area contributed by atoms with E-state index in [0.717, 1.165) is 0 Å². The van der Waals surface area contributed by atoms with Gasteiger partial charge in [-0.25, -0.2) is 0 Å². The Hall–Kier alpha value is -3.64. The van der Waals surface area contributed by atoms with Gasteiger partial charge < -0.3 is 0 Å². The van der Waals surface area contributed by atoms with E-state index in [-0.39, 0.29) is 0 Å². The summed E-state index contributed by atoms with van der Waals surface area (Å²) in [5, 5.41) is 10.1. The molecule has 0 saturated heterocycles. The van der Waals surface area contributed by atoms with Gasteiger partial charge in [-0.1, -0.05) is 78.9 Å². The zero-order valence-electron chi connectivity index (χ0n) is 15.3. The molecule has 6 rings (SSSR count). The molecular weight excluding hydrogens is 336 g/mol. The fourth-order valence-corrected chi connectivity index (χ4v) is 4.31. The lowest BCUT2D eigenvalue weighted by Crippen LogP contribution is -1.86. The standard InChI is InChI=1S/C28H17/c1-3-9-21-17-27-23(15-19(21)7-1)11-5-13-25(27)26-14-6-12-24-16-20-8-2-4-10-22(20)18-28(24)26/h1-13,15-18H. The van der Waals surface area contributed by atoms with Crippen molar-refractivity contribution in [2.24, 2.45) is 0 Å². The van der Waals surface area contributed by atoms with Crippen molar-refractivity contribution in [3.05, 3.63) is 109 Å². The summed E-state index contributed by atoms with van der Waals surface area (Å²) in [6.45, 7) is 0. The minimum Gasteiger partial charge on any atom is -0.0616 e. The van der Waals surface area contributed by atoms with Crippen molar-refractivity contribution in [3.63, 3.8) is 0 Å². The monoisotopic (exact) mass is 353 g/mol. The molecule has 0 aromatic heterocycles. The molecule has 6 aromatic carbocycles. The van der Waals surface area contributed by atoms with Crippen LogP contribution in [0.15, 0.2) is 103 Å². The van der Waals surface area contributed by atoms with Crippen LogP contribution in [0.5, 0.6) is 0 Å². The predicted molar refractivity (Wildman–Crippen MR) is 121 cm³/mol. The lowest BCUT2D eigenvalue weighted by Gasteiger charge is -2.12. The third kappa shape index (κ3) is 2.32. The first-order chi connectivity index (χ1) is 13.9. The second-order valence-corrected chi connectivity index (χ2v) is 7.37. The van der Waals surface area contributed by atoms with E-state index in [4.69, 9.17) is 0 Å². The molecule has 0 nitrogen and oxygen atoms in total. The van der Waals surface area contributed by atoms with Gasteiger partial charge in [-0.3, -0.25) is 0 Å². The van der Waals surface area contributed by atoms with Crippen LogP contribution in [0, 0.1) is 6.07 Å². The second-order valence-electron chi connectivity index (χ2n) is 7.37. The average Bonchev–Trinajstić information content (AvgIpc) is 2.75. The smallest absolute Gasteiger partial charge is 0.00201 e. The Morgan fingerprint density at radius 3 is 1.64 bits per heavy atom. The van der Waals surface area contributed by atoms with Gasteiger partial charge in [-0.2, -0.15) is 0 Å². The summed E-state index contributed by atoms with van der Waals surface area (Å²) >= 11 is 0. The minimum absolute atomic E-state index is 1.17. The number of hydrogen-bond acceptors (Lipinski definition) is 0. The zero-order valence-corrected chi connectivity index (χ0v) is 15.3. The Kier molecular flexibility index (Phi) is 3.27. The first-order valence-corrected chi connectivity index (χ1v) is 9.62. The molecule has 28 heavy (non-hydrogen) atoms. The third-order valence-corrected chi connectivity index (χ3v) is 5.69. The van der Waals surface area contributed by atoms with E-state index in [1.807, 2.05) is 6.07 Å². The highest BCUT2D eigenvalue weighted by Crippen LogP contribution is 2.36. The van der Waals surface area contributed by atoms with Crippen molar-refractivity contribution in [2.75, 3.05) is 0 Å². The summed E-state index contributed by atoms with van der Waals surface area (Å²) < 4.78 is 0. The summed E-state index contributed by atoms with van der Waals surface area (Å²) in [4.78, 5) is 0. The van der Waals surface area contributed by atoms with Gasteiger partial charge in [0.1, 0.15) is 0 Å². The average molecular weight is 353 g/mol. The molecule has 0 amide bonds. The second kappa shape index (κ2) is 5.94. The van der Waals surface area contributed by atoms with Gasteiger partial charge in [0.25, 0.3) is 0 Å². The maximum Gasteiger partial charge on any atom is -0.00201 e. The number of rotatable bonds is 1. The van der Waals surface area contributed by atoms with Crippen molar-refractivity contribution in [2.45, 2.75) is 0 Å². The van der Waals surface area contributed by atoms with E-state index in [2.05, 4.69) is 103 Å². The summed E-state index contributed by atoms with van der Waals surface area (Å²) in [5.41, 5.74) is 2.41. The Morgan fingerprint density at radius 1 is 0.429 bits per heavy atom. The number of hydrogen-bond donors (Lipinski definition) is 0. The van der Waals surface area contributed by atoms with Crippen molar-refractivity contribution >= 4 is 43.1 Å². The van der Waals surface area contributed by atoms with Crippen molar-refractivity contribution in [1.82, 2.24) is 0 Å². The molecular formula is C28H17. The molecule has 0 heterocycles. The lowest BCUT2D eigenvalue weighted by molar-refractivity contribution is 1.69. The van der Waals surface area contributed by atoms with Gasteiger partial charge >= 0.3 is 0 Å². The maximum atomic E-state index is 3.53. The molecule has 6 aromatic rings. The fraction of sp³-hybridized carbons (Fsp3) is 0. The summed E-state index contributed by atoms with van der Waals surface area (Å²) in [6.07, 6.45) is 0. The fourth-order valence-electron chi connectivity index (χ4n) is 4.31. The van der Waals surface area contributed by atoms with Crippen molar-refractivity contribution in [3.8, 4) is 11.1 Å². The molecule has 0 saturated carbocycles. The van der Waals surface area contributed by atoms with Crippen LogP contribution in [0.4, 0.5) is 0 Å². The molecule has 0 heteroatoms. The highest BCUT2D eigenvalue weighted by atomic mass is 14.1. The molecule has 0 aliphatic rings. The van der Waals surface area contributed by atoms with Gasteiger partial charge in [0.2, 0.25) is 0 Å². The Labute approximate surface area is 163 Å². The van der Waals surface area contributed by atoms with Crippen LogP contribution in [0.2, 0.25) is 0 Å².